The number of methoxy groups -OCH3 is 6. The minimum atomic E-state index is -0.767. The smallest absolute Gasteiger partial charge is 0.243 e. The molecule has 3 aliphatic heterocycles. The lowest BCUT2D eigenvalue weighted by Gasteiger charge is -2.31. The van der Waals surface area contributed by atoms with Crippen LogP contribution in [0.15, 0.2) is 123 Å². The van der Waals surface area contributed by atoms with E-state index in [9.17, 15) is 23.2 Å². The van der Waals surface area contributed by atoms with E-state index in [4.69, 9.17) is 104 Å². The quantitative estimate of drug-likeness (QED) is 0.0477. The zero-order chi connectivity index (χ0) is 72.7. The van der Waals surface area contributed by atoms with Crippen molar-refractivity contribution in [2.24, 2.45) is 17.8 Å². The Bertz CT molecular complexity index is 4000. The first kappa shape index (κ1) is 75.6. The Morgan fingerprint density at radius 3 is 1.18 bits per heavy atom. The molecule has 0 bridgehead atoms. The molecule has 3 saturated heterocycles. The molecule has 22 nitrogen and oxygen atoms in total. The predicted octanol–water partition coefficient (Wildman–Crippen LogP) is 12.3. The fourth-order valence-electron chi connectivity index (χ4n) is 12.8. The molecule has 3 fully saturated rings. The number of benzene rings is 3. The lowest BCUT2D eigenvalue weighted by molar-refractivity contribution is -0.119. The Morgan fingerprint density at radius 1 is 0.480 bits per heavy atom. The number of aromatic nitrogens is 7. The number of carbonyl (C=O) groups is 3. The highest BCUT2D eigenvalue weighted by Gasteiger charge is 2.32. The number of hydrogen-bond acceptors (Lipinski definition) is 16. The van der Waals surface area contributed by atoms with Gasteiger partial charge in [0.25, 0.3) is 0 Å². The molecule has 28 heteroatoms. The van der Waals surface area contributed by atoms with Gasteiger partial charge < -0.3 is 67.7 Å². The van der Waals surface area contributed by atoms with E-state index < -0.39 is 11.6 Å². The Hall–Kier alpha value is -9.01. The maximum absolute atomic E-state index is 14.8. The van der Waals surface area contributed by atoms with Crippen LogP contribution in [0.3, 0.4) is 0 Å². The van der Waals surface area contributed by atoms with E-state index in [1.807, 2.05) is 53.2 Å². The molecular formula is C74H80Cl4F2N10O12. The van der Waals surface area contributed by atoms with Gasteiger partial charge in [0, 0.05) is 115 Å². The maximum atomic E-state index is 14.8. The van der Waals surface area contributed by atoms with Crippen LogP contribution < -0.4 is 44.4 Å². The van der Waals surface area contributed by atoms with Gasteiger partial charge in [-0.05, 0) is 105 Å². The van der Waals surface area contributed by atoms with E-state index in [1.165, 1.54) is 52.7 Å². The molecule has 3 N–H and O–H groups in total. The van der Waals surface area contributed by atoms with Crippen molar-refractivity contribution in [1.82, 2.24) is 49.8 Å². The average molecular weight is 1480 g/mol. The van der Waals surface area contributed by atoms with Crippen LogP contribution in [0.2, 0.25) is 20.1 Å². The van der Waals surface area contributed by atoms with Crippen LogP contribution in [-0.2, 0) is 67.5 Å². The molecule has 0 radical (unpaired) electrons. The highest BCUT2D eigenvalue weighted by Crippen LogP contribution is 2.43. The number of ether oxygens (including phenoxy) is 9. The SMILES string of the molecule is C=CC(=O)NC1CCOCC1Cc1ccc2c(ccn2Cc2c(Cl)c(OC)cc(OC)c2Cl)n1.C=CC(=O)NC1CCOCC1Cc1ccc2c(ccn2Cc2c(F)c(OC)cc(OC)c2F)n1.C=CC(=O)NC1CCOCC1Cc1ccc2c(cnn2Cc2c(Cl)c(OC)cc(OC)c2Cl)n1. The number of nitrogens with one attached hydrogen (secondary N) is 3. The molecule has 3 aliphatic rings. The molecule has 9 aromatic rings. The van der Waals surface area contributed by atoms with E-state index in [1.54, 1.807) is 54.1 Å². The lowest BCUT2D eigenvalue weighted by atomic mass is 9.91. The molecule has 540 valence electrons. The van der Waals surface area contributed by atoms with Crippen LogP contribution in [0.4, 0.5) is 8.78 Å². The summed E-state index contributed by atoms with van der Waals surface area (Å²) in [6, 6.07) is 20.1. The van der Waals surface area contributed by atoms with Gasteiger partial charge in [0.1, 0.15) is 28.5 Å². The summed E-state index contributed by atoms with van der Waals surface area (Å²) < 4.78 is 83.7. The minimum absolute atomic E-state index is 0.0182. The van der Waals surface area contributed by atoms with Gasteiger partial charge in [-0.3, -0.25) is 29.0 Å². The van der Waals surface area contributed by atoms with E-state index >= 15 is 0 Å². The van der Waals surface area contributed by atoms with Crippen molar-refractivity contribution in [3.8, 4) is 34.5 Å². The van der Waals surface area contributed by atoms with E-state index in [0.717, 1.165) is 63.9 Å². The maximum Gasteiger partial charge on any atom is 0.243 e. The van der Waals surface area contributed by atoms with Gasteiger partial charge in [0.05, 0.1) is 142 Å². The van der Waals surface area contributed by atoms with Gasteiger partial charge in [0.2, 0.25) is 17.7 Å². The molecule has 102 heavy (non-hydrogen) atoms. The van der Waals surface area contributed by atoms with E-state index in [-0.39, 0.29) is 77.2 Å². The second kappa shape index (κ2) is 35.2. The van der Waals surface area contributed by atoms with Crippen molar-refractivity contribution < 1.29 is 65.8 Å². The Morgan fingerprint density at radius 2 is 0.814 bits per heavy atom. The van der Waals surface area contributed by atoms with Crippen molar-refractivity contribution in [3.05, 3.63) is 189 Å². The number of rotatable bonds is 24. The van der Waals surface area contributed by atoms with Crippen LogP contribution >= 0.6 is 46.4 Å². The molecule has 3 amide bonds. The zero-order valence-electron chi connectivity index (χ0n) is 57.3. The third kappa shape index (κ3) is 17.7. The van der Waals surface area contributed by atoms with Gasteiger partial charge in [-0.1, -0.05) is 66.1 Å². The van der Waals surface area contributed by atoms with Crippen molar-refractivity contribution >= 4 is 97.2 Å². The summed E-state index contributed by atoms with van der Waals surface area (Å²) >= 11 is 26.2. The molecule has 9 heterocycles. The summed E-state index contributed by atoms with van der Waals surface area (Å²) in [5.74, 6) is 0.0617. The molecule has 3 aromatic carbocycles. The third-order valence-corrected chi connectivity index (χ3v) is 19.9. The van der Waals surface area contributed by atoms with Gasteiger partial charge >= 0.3 is 0 Å². The number of pyridine rings is 3. The molecule has 6 unspecified atom stereocenters. The fraction of sp³-hybridized carbons (Fsp3) is 0.365. The predicted molar refractivity (Wildman–Crippen MR) is 387 cm³/mol. The first-order chi connectivity index (χ1) is 49.3. The number of halogens is 6. The minimum Gasteiger partial charge on any atom is -0.495 e. The molecular weight excluding hydrogens is 1400 g/mol. The number of amides is 3. The van der Waals surface area contributed by atoms with Crippen molar-refractivity contribution in [1.29, 1.82) is 0 Å². The third-order valence-electron chi connectivity index (χ3n) is 18.3. The first-order valence-corrected chi connectivity index (χ1v) is 34.3. The summed E-state index contributed by atoms with van der Waals surface area (Å²) in [6.45, 7) is 14.8. The Labute approximate surface area is 609 Å². The van der Waals surface area contributed by atoms with Crippen molar-refractivity contribution in [3.63, 3.8) is 0 Å². The van der Waals surface area contributed by atoms with Gasteiger partial charge in [-0.15, -0.1) is 0 Å². The fourth-order valence-corrected chi connectivity index (χ4v) is 14.0. The van der Waals surface area contributed by atoms with Crippen LogP contribution in [0.1, 0.15) is 53.0 Å². The average Bonchev–Trinajstić information content (AvgIpc) is 1.63. The molecule has 6 atom stereocenters. The molecule has 6 aromatic heterocycles. The molecule has 12 rings (SSSR count). The van der Waals surface area contributed by atoms with Gasteiger partial charge in [0.15, 0.2) is 23.1 Å². The normalized spacial score (nSPS) is 18.0. The van der Waals surface area contributed by atoms with E-state index in [0.29, 0.717) is 132 Å². The molecule has 0 spiro atoms. The number of nitrogens with zero attached hydrogens (tertiary/aromatic N) is 7. The number of fused-ring (bicyclic) bond motifs is 3. The Balaban J connectivity index is 0.000000165. The van der Waals surface area contributed by atoms with Crippen molar-refractivity contribution in [2.45, 2.75) is 76.3 Å². The lowest BCUT2D eigenvalue weighted by Crippen LogP contribution is -2.45. The highest BCUT2D eigenvalue weighted by atomic mass is 35.5. The summed E-state index contributed by atoms with van der Waals surface area (Å²) in [5, 5.41) is 15.2. The number of carbonyl (C=O) groups excluding carboxylic acids is 3. The van der Waals surface area contributed by atoms with Gasteiger partial charge in [-0.2, -0.15) is 5.10 Å². The highest BCUT2D eigenvalue weighted by molar-refractivity contribution is 6.38. The summed E-state index contributed by atoms with van der Waals surface area (Å²) in [7, 11) is 8.83. The van der Waals surface area contributed by atoms with Gasteiger partial charge in [-0.25, -0.2) is 13.8 Å². The molecule has 0 saturated carbocycles. The van der Waals surface area contributed by atoms with Crippen LogP contribution in [-0.4, -0.2) is 152 Å². The van der Waals surface area contributed by atoms with Crippen molar-refractivity contribution in [2.75, 3.05) is 82.3 Å². The zero-order valence-corrected chi connectivity index (χ0v) is 60.3. The van der Waals surface area contributed by atoms with Crippen LogP contribution in [0.25, 0.3) is 33.1 Å². The summed E-state index contributed by atoms with van der Waals surface area (Å²) in [5.41, 5.74) is 8.75. The summed E-state index contributed by atoms with van der Waals surface area (Å²) in [6.07, 6.45) is 13.5. The van der Waals surface area contributed by atoms with Crippen LogP contribution in [0, 0.1) is 29.4 Å². The second-order valence-electron chi connectivity index (χ2n) is 24.4. The Kier molecular flexibility index (Phi) is 26.1. The largest absolute Gasteiger partial charge is 0.495 e. The standard InChI is InChI=1S/C25H27Cl2N3O4.C25H27F2N3O4.C24H26Cl2N4O4/c2*1-4-23(31)29-18-8-10-34-14-15(18)11-16-5-6-20-19(28-16)7-9-30(20)13-17-24(26)21(32-2)12-22(33-3)25(17)27;1-4-22(31)29-17-7-8-34-13-14(17)9-15-5-6-19-18(28-15)11-27-30(19)12-16-23(25)20(32-2)10-21(33-3)24(16)26/h2*4-7,9,12,15,18H,1,8,10-11,13-14H2,2-3H3,(H,29,31);4-6,10-11,14,17H,1,7-9,12-13H2,2-3H3,(H,29,31). The number of hydrogen-bond donors (Lipinski definition) is 3. The monoisotopic (exact) mass is 1480 g/mol. The van der Waals surface area contributed by atoms with E-state index in [2.05, 4.69) is 40.8 Å². The summed E-state index contributed by atoms with van der Waals surface area (Å²) in [4.78, 5) is 49.8. The second-order valence-corrected chi connectivity index (χ2v) is 25.9. The topological polar surface area (TPSA) is 237 Å². The van der Waals surface area contributed by atoms with Crippen LogP contribution in [0.5, 0.6) is 34.5 Å². The molecule has 0 aliphatic carbocycles. The first-order valence-electron chi connectivity index (χ1n) is 32.8.